The van der Waals surface area contributed by atoms with Gasteiger partial charge in [0.1, 0.15) is 5.75 Å². The van der Waals surface area contributed by atoms with E-state index in [1.165, 1.54) is 6.07 Å². The van der Waals surface area contributed by atoms with Crippen molar-refractivity contribution in [2.45, 2.75) is 13.1 Å². The summed E-state index contributed by atoms with van der Waals surface area (Å²) in [6.07, 6.45) is -4.48. The molecule has 112 valence electrons. The van der Waals surface area contributed by atoms with E-state index in [-0.39, 0.29) is 11.4 Å². The van der Waals surface area contributed by atoms with Crippen LogP contribution in [0.3, 0.4) is 0 Å². The molecule has 0 fully saturated rings. The first kappa shape index (κ1) is 15.0. The molecule has 0 spiro atoms. The number of rotatable bonds is 4. The molecule has 0 heterocycles. The van der Waals surface area contributed by atoms with Gasteiger partial charge in [-0.25, -0.2) is 0 Å². The third kappa shape index (κ3) is 3.81. The summed E-state index contributed by atoms with van der Waals surface area (Å²) in [4.78, 5) is 0. The van der Waals surface area contributed by atoms with Crippen LogP contribution < -0.4 is 15.2 Å². The van der Waals surface area contributed by atoms with E-state index < -0.39 is 11.7 Å². The molecule has 0 radical (unpaired) electrons. The maximum absolute atomic E-state index is 12.8. The Labute approximate surface area is 120 Å². The maximum atomic E-state index is 12.8. The quantitative estimate of drug-likeness (QED) is 0.846. The van der Waals surface area contributed by atoms with Crippen molar-refractivity contribution in [1.29, 1.82) is 0 Å². The zero-order valence-corrected chi connectivity index (χ0v) is 11.3. The molecule has 0 aromatic heterocycles. The van der Waals surface area contributed by atoms with Gasteiger partial charge in [0.2, 0.25) is 0 Å². The normalized spacial score (nSPS) is 11.2. The van der Waals surface area contributed by atoms with Crippen LogP contribution in [-0.2, 0) is 6.18 Å². The molecule has 0 saturated heterocycles. The van der Waals surface area contributed by atoms with Crippen LogP contribution in [0.2, 0.25) is 0 Å². The first-order valence-electron chi connectivity index (χ1n) is 6.27. The van der Waals surface area contributed by atoms with Gasteiger partial charge >= 0.3 is 6.18 Å². The minimum Gasteiger partial charge on any atom is -0.490 e. The van der Waals surface area contributed by atoms with Gasteiger partial charge in [-0.2, -0.15) is 13.2 Å². The van der Waals surface area contributed by atoms with E-state index >= 15 is 0 Å². The number of anilines is 1. The standard InChI is InChI=1S/C15H14F3NO2/c1-2-20-13-5-3-4-6-14(13)21-12-8-10(15(16,17)18)7-11(19)9-12/h3-9H,2,19H2,1H3. The summed E-state index contributed by atoms with van der Waals surface area (Å²) in [5.41, 5.74) is 4.62. The van der Waals surface area contributed by atoms with Crippen molar-refractivity contribution in [3.8, 4) is 17.2 Å². The monoisotopic (exact) mass is 297 g/mol. The number of para-hydroxylation sites is 2. The lowest BCUT2D eigenvalue weighted by Gasteiger charge is -2.13. The molecule has 2 aromatic carbocycles. The SMILES string of the molecule is CCOc1ccccc1Oc1cc(N)cc(C(F)(F)F)c1. The molecule has 0 aliphatic heterocycles. The van der Waals surface area contributed by atoms with E-state index in [1.807, 2.05) is 0 Å². The third-order valence-electron chi connectivity index (χ3n) is 2.63. The van der Waals surface area contributed by atoms with Crippen LogP contribution in [-0.4, -0.2) is 6.61 Å². The van der Waals surface area contributed by atoms with Gasteiger partial charge in [0.05, 0.1) is 12.2 Å². The number of alkyl halides is 3. The first-order chi connectivity index (χ1) is 9.90. The number of ether oxygens (including phenoxy) is 2. The van der Waals surface area contributed by atoms with Crippen LogP contribution in [0.25, 0.3) is 0 Å². The van der Waals surface area contributed by atoms with Crippen molar-refractivity contribution < 1.29 is 22.6 Å². The molecule has 2 aromatic rings. The largest absolute Gasteiger partial charge is 0.490 e. The molecule has 6 heteroatoms. The van der Waals surface area contributed by atoms with E-state index in [4.69, 9.17) is 15.2 Å². The van der Waals surface area contributed by atoms with Crippen molar-refractivity contribution in [1.82, 2.24) is 0 Å². The van der Waals surface area contributed by atoms with Gasteiger partial charge in [0.15, 0.2) is 11.5 Å². The lowest BCUT2D eigenvalue weighted by molar-refractivity contribution is -0.137. The summed E-state index contributed by atoms with van der Waals surface area (Å²) >= 11 is 0. The van der Waals surface area contributed by atoms with E-state index in [9.17, 15) is 13.2 Å². The van der Waals surface area contributed by atoms with Gasteiger partial charge in [-0.15, -0.1) is 0 Å². The van der Waals surface area contributed by atoms with Gasteiger partial charge in [-0.1, -0.05) is 12.1 Å². The number of hydrogen-bond donors (Lipinski definition) is 1. The Morgan fingerprint density at radius 3 is 2.33 bits per heavy atom. The van der Waals surface area contributed by atoms with Crippen LogP contribution in [0.1, 0.15) is 12.5 Å². The molecule has 21 heavy (non-hydrogen) atoms. The van der Waals surface area contributed by atoms with E-state index in [0.717, 1.165) is 12.1 Å². The van der Waals surface area contributed by atoms with E-state index in [2.05, 4.69) is 0 Å². The van der Waals surface area contributed by atoms with Gasteiger partial charge in [0.25, 0.3) is 0 Å². The molecule has 0 aliphatic rings. The van der Waals surface area contributed by atoms with E-state index in [0.29, 0.717) is 18.1 Å². The van der Waals surface area contributed by atoms with Crippen LogP contribution in [0.4, 0.5) is 18.9 Å². The highest BCUT2D eigenvalue weighted by molar-refractivity contribution is 5.51. The predicted octanol–water partition coefficient (Wildman–Crippen LogP) is 4.48. The van der Waals surface area contributed by atoms with Crippen molar-refractivity contribution in [3.63, 3.8) is 0 Å². The molecule has 2 rings (SSSR count). The van der Waals surface area contributed by atoms with Crippen LogP contribution in [0.15, 0.2) is 42.5 Å². The highest BCUT2D eigenvalue weighted by atomic mass is 19.4. The summed E-state index contributed by atoms with van der Waals surface area (Å²) in [5.74, 6) is 0.795. The van der Waals surface area contributed by atoms with Gasteiger partial charge in [-0.3, -0.25) is 0 Å². The molecule has 0 bridgehead atoms. The molecule has 0 unspecified atom stereocenters. The second-order valence-corrected chi connectivity index (χ2v) is 4.27. The van der Waals surface area contributed by atoms with Crippen LogP contribution >= 0.6 is 0 Å². The minimum atomic E-state index is -4.48. The van der Waals surface area contributed by atoms with Gasteiger partial charge in [-0.05, 0) is 31.2 Å². The van der Waals surface area contributed by atoms with Crippen molar-refractivity contribution >= 4 is 5.69 Å². The average Bonchev–Trinajstić information content (AvgIpc) is 2.40. The van der Waals surface area contributed by atoms with Crippen molar-refractivity contribution in [2.75, 3.05) is 12.3 Å². The molecule has 3 nitrogen and oxygen atoms in total. The second-order valence-electron chi connectivity index (χ2n) is 4.27. The summed E-state index contributed by atoms with van der Waals surface area (Å²) in [5, 5.41) is 0. The molecule has 2 N–H and O–H groups in total. The zero-order valence-electron chi connectivity index (χ0n) is 11.3. The van der Waals surface area contributed by atoms with Crippen molar-refractivity contribution in [2.24, 2.45) is 0 Å². The number of benzene rings is 2. The highest BCUT2D eigenvalue weighted by Crippen LogP contribution is 2.36. The summed E-state index contributed by atoms with van der Waals surface area (Å²) < 4.78 is 49.1. The predicted molar refractivity (Wildman–Crippen MR) is 73.5 cm³/mol. The third-order valence-corrected chi connectivity index (χ3v) is 2.63. The number of nitrogen functional groups attached to an aromatic ring is 1. The second kappa shape index (κ2) is 5.95. The minimum absolute atomic E-state index is 0.00878. The average molecular weight is 297 g/mol. The lowest BCUT2D eigenvalue weighted by Crippen LogP contribution is -2.06. The number of halogens is 3. The topological polar surface area (TPSA) is 44.5 Å². The fraction of sp³-hybridized carbons (Fsp3) is 0.200. The molecule has 0 atom stereocenters. The Morgan fingerprint density at radius 1 is 1.05 bits per heavy atom. The number of hydrogen-bond acceptors (Lipinski definition) is 3. The molecule has 0 saturated carbocycles. The number of nitrogens with two attached hydrogens (primary N) is 1. The van der Waals surface area contributed by atoms with Gasteiger partial charge < -0.3 is 15.2 Å². The Morgan fingerprint density at radius 2 is 1.71 bits per heavy atom. The molecular formula is C15H14F3NO2. The van der Waals surface area contributed by atoms with Gasteiger partial charge in [0, 0.05) is 11.8 Å². The highest BCUT2D eigenvalue weighted by Gasteiger charge is 2.31. The lowest BCUT2D eigenvalue weighted by atomic mass is 10.2. The fourth-order valence-electron chi connectivity index (χ4n) is 1.78. The Bertz CT molecular complexity index is 627. The summed E-state index contributed by atoms with van der Waals surface area (Å²) in [7, 11) is 0. The molecule has 0 amide bonds. The maximum Gasteiger partial charge on any atom is 0.416 e. The smallest absolute Gasteiger partial charge is 0.416 e. The first-order valence-corrected chi connectivity index (χ1v) is 6.27. The molecule has 0 aliphatic carbocycles. The van der Waals surface area contributed by atoms with Crippen LogP contribution in [0.5, 0.6) is 17.2 Å². The fourth-order valence-corrected chi connectivity index (χ4v) is 1.78. The van der Waals surface area contributed by atoms with Crippen LogP contribution in [0, 0.1) is 0 Å². The Hall–Kier alpha value is -2.37. The summed E-state index contributed by atoms with van der Waals surface area (Å²) in [6, 6.07) is 9.84. The summed E-state index contributed by atoms with van der Waals surface area (Å²) in [6.45, 7) is 2.23. The van der Waals surface area contributed by atoms with E-state index in [1.54, 1.807) is 31.2 Å². The Balaban J connectivity index is 2.34. The zero-order chi connectivity index (χ0) is 15.5. The van der Waals surface area contributed by atoms with Crippen molar-refractivity contribution in [3.05, 3.63) is 48.0 Å². The Kier molecular flexibility index (Phi) is 4.26. The molecular weight excluding hydrogens is 283 g/mol.